The second-order valence-electron chi connectivity index (χ2n) is 4.31. The largest absolute Gasteiger partial charge is 0.494 e. The summed E-state index contributed by atoms with van der Waals surface area (Å²) in [4.78, 5) is 4.44. The third kappa shape index (κ3) is 3.13. The van der Waals surface area contributed by atoms with E-state index in [0.717, 1.165) is 23.6 Å². The fourth-order valence-corrected chi connectivity index (χ4v) is 1.86. The van der Waals surface area contributed by atoms with Crippen molar-refractivity contribution in [2.45, 2.75) is 33.2 Å². The van der Waals surface area contributed by atoms with Crippen molar-refractivity contribution in [3.8, 4) is 17.0 Å². The van der Waals surface area contributed by atoms with Gasteiger partial charge in [-0.05, 0) is 37.6 Å². The fourth-order valence-electron chi connectivity index (χ4n) is 1.86. The van der Waals surface area contributed by atoms with E-state index in [1.807, 2.05) is 25.4 Å². The van der Waals surface area contributed by atoms with Gasteiger partial charge in [-0.2, -0.15) is 0 Å². The third-order valence-corrected chi connectivity index (χ3v) is 2.86. The summed E-state index contributed by atoms with van der Waals surface area (Å²) < 4.78 is 7.58. The normalized spacial score (nSPS) is 10.6. The lowest BCUT2D eigenvalue weighted by Gasteiger charge is -2.03. The van der Waals surface area contributed by atoms with Crippen LogP contribution >= 0.6 is 0 Å². The van der Waals surface area contributed by atoms with Crippen molar-refractivity contribution in [1.82, 2.24) is 9.55 Å². The standard InChI is InChI=1S/C15H20N2O/c1-3-5-10-17-11-15(16-12-17)13-6-8-14(9-7-13)18-4-2/h6-9,11-12H,3-5,10H2,1-2H3. The second-order valence-corrected chi connectivity index (χ2v) is 4.31. The van der Waals surface area contributed by atoms with Crippen LogP contribution in [0.5, 0.6) is 5.75 Å². The first kappa shape index (κ1) is 12.7. The van der Waals surface area contributed by atoms with E-state index in [2.05, 4.69) is 34.8 Å². The highest BCUT2D eigenvalue weighted by Gasteiger charge is 2.02. The zero-order valence-electron chi connectivity index (χ0n) is 11.1. The number of unbranched alkanes of at least 4 members (excludes halogenated alkanes) is 1. The van der Waals surface area contributed by atoms with Gasteiger partial charge in [0.1, 0.15) is 5.75 Å². The molecule has 0 aliphatic carbocycles. The summed E-state index contributed by atoms with van der Waals surface area (Å²) >= 11 is 0. The van der Waals surface area contributed by atoms with Crippen LogP contribution in [0, 0.1) is 0 Å². The Morgan fingerprint density at radius 3 is 2.61 bits per heavy atom. The summed E-state index contributed by atoms with van der Waals surface area (Å²) in [6.07, 6.45) is 6.41. The zero-order chi connectivity index (χ0) is 12.8. The van der Waals surface area contributed by atoms with E-state index in [-0.39, 0.29) is 0 Å². The van der Waals surface area contributed by atoms with Gasteiger partial charge in [-0.25, -0.2) is 4.98 Å². The molecule has 0 spiro atoms. The Morgan fingerprint density at radius 1 is 1.17 bits per heavy atom. The Hall–Kier alpha value is -1.77. The molecule has 0 fully saturated rings. The van der Waals surface area contributed by atoms with Crippen LogP contribution in [0.1, 0.15) is 26.7 Å². The summed E-state index contributed by atoms with van der Waals surface area (Å²) in [5.41, 5.74) is 2.16. The predicted molar refractivity (Wildman–Crippen MR) is 73.7 cm³/mol. The minimum Gasteiger partial charge on any atom is -0.494 e. The Labute approximate surface area is 108 Å². The van der Waals surface area contributed by atoms with E-state index in [1.165, 1.54) is 12.8 Å². The van der Waals surface area contributed by atoms with Gasteiger partial charge >= 0.3 is 0 Å². The molecule has 0 saturated heterocycles. The van der Waals surface area contributed by atoms with Gasteiger partial charge in [0.05, 0.1) is 18.6 Å². The molecule has 0 radical (unpaired) electrons. The molecule has 1 aromatic heterocycles. The number of imidazole rings is 1. The second kappa shape index (κ2) is 6.24. The van der Waals surface area contributed by atoms with E-state index in [0.29, 0.717) is 6.61 Å². The van der Waals surface area contributed by atoms with Gasteiger partial charge in [0.15, 0.2) is 0 Å². The van der Waals surface area contributed by atoms with Crippen molar-refractivity contribution < 1.29 is 4.74 Å². The molecule has 96 valence electrons. The van der Waals surface area contributed by atoms with Crippen LogP contribution < -0.4 is 4.74 Å². The molecule has 3 heteroatoms. The molecule has 0 aliphatic rings. The first-order chi connectivity index (χ1) is 8.83. The average molecular weight is 244 g/mol. The molecular formula is C15H20N2O. The van der Waals surface area contributed by atoms with Crippen LogP contribution in [-0.4, -0.2) is 16.2 Å². The molecule has 3 nitrogen and oxygen atoms in total. The van der Waals surface area contributed by atoms with Crippen LogP contribution in [-0.2, 0) is 6.54 Å². The van der Waals surface area contributed by atoms with Gasteiger partial charge in [0.25, 0.3) is 0 Å². The number of rotatable bonds is 6. The minimum absolute atomic E-state index is 0.699. The lowest BCUT2D eigenvalue weighted by atomic mass is 10.1. The summed E-state index contributed by atoms with van der Waals surface area (Å²) in [6.45, 7) is 5.93. The highest BCUT2D eigenvalue weighted by atomic mass is 16.5. The van der Waals surface area contributed by atoms with Gasteiger partial charge < -0.3 is 9.30 Å². The number of ether oxygens (including phenoxy) is 1. The summed E-state index contributed by atoms with van der Waals surface area (Å²) in [7, 11) is 0. The first-order valence-corrected chi connectivity index (χ1v) is 6.58. The summed E-state index contributed by atoms with van der Waals surface area (Å²) in [6, 6.07) is 8.09. The molecule has 0 unspecified atom stereocenters. The van der Waals surface area contributed by atoms with E-state index in [4.69, 9.17) is 4.74 Å². The molecule has 0 N–H and O–H groups in total. The molecule has 0 saturated carbocycles. The maximum Gasteiger partial charge on any atom is 0.119 e. The number of hydrogen-bond donors (Lipinski definition) is 0. The van der Waals surface area contributed by atoms with Crippen molar-refractivity contribution in [2.75, 3.05) is 6.61 Å². The smallest absolute Gasteiger partial charge is 0.119 e. The summed E-state index contributed by atoms with van der Waals surface area (Å²) in [5, 5.41) is 0. The quantitative estimate of drug-likeness (QED) is 0.773. The van der Waals surface area contributed by atoms with Crippen molar-refractivity contribution in [3.05, 3.63) is 36.8 Å². The van der Waals surface area contributed by atoms with Crippen LogP contribution in [0.25, 0.3) is 11.3 Å². The van der Waals surface area contributed by atoms with E-state index in [1.54, 1.807) is 0 Å². The molecule has 0 bridgehead atoms. The Morgan fingerprint density at radius 2 is 1.94 bits per heavy atom. The van der Waals surface area contributed by atoms with Crippen LogP contribution in [0.2, 0.25) is 0 Å². The number of aryl methyl sites for hydroxylation is 1. The van der Waals surface area contributed by atoms with E-state index in [9.17, 15) is 0 Å². The Bertz CT molecular complexity index is 473. The molecule has 18 heavy (non-hydrogen) atoms. The van der Waals surface area contributed by atoms with Gasteiger partial charge in [0, 0.05) is 18.3 Å². The van der Waals surface area contributed by atoms with Crippen molar-refractivity contribution in [3.63, 3.8) is 0 Å². The number of aromatic nitrogens is 2. The molecule has 1 aromatic carbocycles. The highest BCUT2D eigenvalue weighted by molar-refractivity contribution is 5.59. The molecule has 0 amide bonds. The van der Waals surface area contributed by atoms with Crippen LogP contribution in [0.15, 0.2) is 36.8 Å². The van der Waals surface area contributed by atoms with E-state index >= 15 is 0 Å². The maximum atomic E-state index is 5.43. The topological polar surface area (TPSA) is 27.1 Å². The van der Waals surface area contributed by atoms with Gasteiger partial charge in [0.2, 0.25) is 0 Å². The highest BCUT2D eigenvalue weighted by Crippen LogP contribution is 2.20. The molecule has 1 heterocycles. The predicted octanol–water partition coefficient (Wildman–Crippen LogP) is 3.75. The minimum atomic E-state index is 0.699. The molecule has 0 atom stereocenters. The molecule has 2 rings (SSSR count). The Balaban J connectivity index is 2.08. The maximum absolute atomic E-state index is 5.43. The zero-order valence-corrected chi connectivity index (χ0v) is 11.1. The molecular weight excluding hydrogens is 224 g/mol. The lowest BCUT2D eigenvalue weighted by Crippen LogP contribution is -1.92. The van der Waals surface area contributed by atoms with Crippen molar-refractivity contribution >= 4 is 0 Å². The lowest BCUT2D eigenvalue weighted by molar-refractivity contribution is 0.340. The van der Waals surface area contributed by atoms with Gasteiger partial charge in [-0.1, -0.05) is 13.3 Å². The third-order valence-electron chi connectivity index (χ3n) is 2.86. The monoisotopic (exact) mass is 244 g/mol. The Kier molecular flexibility index (Phi) is 4.40. The van der Waals surface area contributed by atoms with Gasteiger partial charge in [-0.3, -0.25) is 0 Å². The van der Waals surface area contributed by atoms with Crippen molar-refractivity contribution in [2.24, 2.45) is 0 Å². The average Bonchev–Trinajstić information content (AvgIpc) is 2.86. The number of nitrogens with zero attached hydrogens (tertiary/aromatic N) is 2. The van der Waals surface area contributed by atoms with Gasteiger partial charge in [-0.15, -0.1) is 0 Å². The first-order valence-electron chi connectivity index (χ1n) is 6.58. The SMILES string of the molecule is CCCCn1cnc(-c2ccc(OCC)cc2)c1. The van der Waals surface area contributed by atoms with E-state index < -0.39 is 0 Å². The fraction of sp³-hybridized carbons (Fsp3) is 0.400. The number of hydrogen-bond acceptors (Lipinski definition) is 2. The van der Waals surface area contributed by atoms with Crippen LogP contribution in [0.4, 0.5) is 0 Å². The molecule has 2 aromatic rings. The number of benzene rings is 1. The molecule has 0 aliphatic heterocycles. The van der Waals surface area contributed by atoms with Crippen LogP contribution in [0.3, 0.4) is 0 Å². The summed E-state index contributed by atoms with van der Waals surface area (Å²) in [5.74, 6) is 0.909. The van der Waals surface area contributed by atoms with Crippen molar-refractivity contribution in [1.29, 1.82) is 0 Å².